The highest BCUT2D eigenvalue weighted by atomic mass is 32.2. The molecule has 1 fully saturated rings. The summed E-state index contributed by atoms with van der Waals surface area (Å²) in [6.45, 7) is 2.91. The first-order valence-corrected chi connectivity index (χ1v) is 14.9. The summed E-state index contributed by atoms with van der Waals surface area (Å²) in [4.78, 5) is 17.0. The predicted octanol–water partition coefficient (Wildman–Crippen LogP) is 4.67. The Morgan fingerprint density at radius 2 is 1.86 bits per heavy atom. The van der Waals surface area contributed by atoms with Crippen molar-refractivity contribution in [2.24, 2.45) is 5.92 Å². The second kappa shape index (κ2) is 10.8. The zero-order valence-electron chi connectivity index (χ0n) is 21.1. The number of carbonyl (C=O) groups excluding carboxylic acids is 1. The largest absolute Gasteiger partial charge is 0.497 e. The van der Waals surface area contributed by atoms with E-state index in [1.165, 1.54) is 9.18 Å². The Hall–Kier alpha value is -2.88. The molecule has 9 heteroatoms. The molecule has 2 aliphatic rings. The van der Waals surface area contributed by atoms with Crippen molar-refractivity contribution in [1.29, 1.82) is 0 Å². The molecule has 0 N–H and O–H groups in total. The Kier molecular flexibility index (Phi) is 7.55. The van der Waals surface area contributed by atoms with Crippen LogP contribution in [0.2, 0.25) is 0 Å². The topological polar surface area (TPSA) is 76.2 Å². The average Bonchev–Trinajstić information content (AvgIpc) is 3.59. The minimum absolute atomic E-state index is 0.179. The molecule has 2 heterocycles. The fraction of sp³-hybridized carbons (Fsp3) is 0.393. The van der Waals surface area contributed by atoms with Crippen LogP contribution < -0.4 is 9.47 Å². The molecule has 3 aromatic rings. The van der Waals surface area contributed by atoms with Crippen molar-refractivity contribution >= 4 is 27.3 Å². The maximum Gasteiger partial charge on any atom is 0.243 e. The highest BCUT2D eigenvalue weighted by molar-refractivity contribution is 7.89. The monoisotopic (exact) mass is 540 g/mol. The number of benzene rings is 2. The lowest BCUT2D eigenvalue weighted by Gasteiger charge is -2.37. The zero-order valence-corrected chi connectivity index (χ0v) is 22.8. The number of thiophene rings is 1. The third-order valence-electron chi connectivity index (χ3n) is 6.99. The Morgan fingerprint density at radius 3 is 2.59 bits per heavy atom. The number of hydrogen-bond acceptors (Lipinski definition) is 6. The van der Waals surface area contributed by atoms with Gasteiger partial charge in [0.25, 0.3) is 0 Å². The summed E-state index contributed by atoms with van der Waals surface area (Å²) in [5.41, 5.74) is 2.06. The molecule has 37 heavy (non-hydrogen) atoms. The summed E-state index contributed by atoms with van der Waals surface area (Å²) >= 11 is 1.68. The number of methoxy groups -OCH3 is 1. The second-order valence-corrected chi connectivity index (χ2v) is 12.6. The molecule has 0 spiro atoms. The van der Waals surface area contributed by atoms with E-state index in [-0.39, 0.29) is 30.0 Å². The molecule has 0 saturated heterocycles. The van der Waals surface area contributed by atoms with Gasteiger partial charge in [-0.3, -0.25) is 4.79 Å². The number of hydrogen-bond donors (Lipinski definition) is 0. The first-order chi connectivity index (χ1) is 17.8. The minimum Gasteiger partial charge on any atom is -0.497 e. The van der Waals surface area contributed by atoms with Crippen LogP contribution in [0, 0.1) is 12.8 Å². The lowest BCUT2D eigenvalue weighted by molar-refractivity contribution is -0.135. The molecular formula is C28H32N2O5S2. The van der Waals surface area contributed by atoms with Gasteiger partial charge in [0.2, 0.25) is 15.9 Å². The van der Waals surface area contributed by atoms with Gasteiger partial charge in [-0.15, -0.1) is 11.3 Å². The molecule has 1 amide bonds. The van der Waals surface area contributed by atoms with E-state index in [1.807, 2.05) is 42.6 Å². The molecule has 1 saturated carbocycles. The van der Waals surface area contributed by atoms with Crippen LogP contribution in [0.1, 0.15) is 34.9 Å². The molecule has 1 aromatic heterocycles. The summed E-state index contributed by atoms with van der Waals surface area (Å²) in [6, 6.07) is 16.0. The van der Waals surface area contributed by atoms with Crippen LogP contribution in [0.5, 0.6) is 11.5 Å². The summed E-state index contributed by atoms with van der Waals surface area (Å²) in [6.07, 6.45) is 2.74. The Labute approximate surface area is 222 Å². The van der Waals surface area contributed by atoms with Crippen LogP contribution in [0.25, 0.3) is 0 Å². The molecule has 1 atom stereocenters. The van der Waals surface area contributed by atoms with Crippen LogP contribution in [0.3, 0.4) is 0 Å². The maximum atomic E-state index is 13.7. The number of amides is 1. The van der Waals surface area contributed by atoms with Gasteiger partial charge in [-0.1, -0.05) is 23.8 Å². The summed E-state index contributed by atoms with van der Waals surface area (Å²) in [5, 5.41) is 2.04. The lowest BCUT2D eigenvalue weighted by atomic mass is 10.0. The van der Waals surface area contributed by atoms with Gasteiger partial charge in [0, 0.05) is 24.0 Å². The first kappa shape index (κ1) is 25.8. The van der Waals surface area contributed by atoms with Crippen molar-refractivity contribution in [3.8, 4) is 11.5 Å². The van der Waals surface area contributed by atoms with Gasteiger partial charge in [-0.25, -0.2) is 8.42 Å². The SMILES string of the molecule is COc1cccc(OCC2c3ccsc3CCN2C(=O)CN(CC2CC2)S(=O)(=O)c2ccc(C)cc2)c1. The molecule has 7 nitrogen and oxygen atoms in total. The minimum atomic E-state index is -3.79. The molecule has 1 unspecified atom stereocenters. The van der Waals surface area contributed by atoms with Crippen LogP contribution >= 0.6 is 11.3 Å². The number of fused-ring (bicyclic) bond motifs is 1. The van der Waals surface area contributed by atoms with Crippen molar-refractivity contribution in [1.82, 2.24) is 9.21 Å². The average molecular weight is 541 g/mol. The van der Waals surface area contributed by atoms with E-state index < -0.39 is 10.0 Å². The smallest absolute Gasteiger partial charge is 0.243 e. The molecule has 0 radical (unpaired) electrons. The first-order valence-electron chi connectivity index (χ1n) is 12.5. The lowest BCUT2D eigenvalue weighted by Crippen LogP contribution is -2.48. The third kappa shape index (κ3) is 5.84. The van der Waals surface area contributed by atoms with E-state index >= 15 is 0 Å². The van der Waals surface area contributed by atoms with Crippen LogP contribution in [-0.2, 0) is 21.2 Å². The van der Waals surface area contributed by atoms with E-state index in [9.17, 15) is 13.2 Å². The number of carbonyl (C=O) groups is 1. The highest BCUT2D eigenvalue weighted by Gasteiger charge is 2.37. The highest BCUT2D eigenvalue weighted by Crippen LogP contribution is 2.35. The molecule has 0 bridgehead atoms. The van der Waals surface area contributed by atoms with Crippen molar-refractivity contribution in [3.63, 3.8) is 0 Å². The second-order valence-electron chi connectivity index (χ2n) is 9.70. The van der Waals surface area contributed by atoms with E-state index in [1.54, 1.807) is 47.6 Å². The summed E-state index contributed by atoms with van der Waals surface area (Å²) in [5.74, 6) is 1.46. The molecule has 196 valence electrons. The van der Waals surface area contributed by atoms with Crippen molar-refractivity contribution in [2.75, 3.05) is 33.4 Å². The van der Waals surface area contributed by atoms with Gasteiger partial charge in [-0.05, 0) is 73.4 Å². The number of rotatable bonds is 10. The van der Waals surface area contributed by atoms with Gasteiger partial charge in [0.05, 0.1) is 24.6 Å². The van der Waals surface area contributed by atoms with Gasteiger partial charge in [0.15, 0.2) is 0 Å². The van der Waals surface area contributed by atoms with Gasteiger partial charge in [-0.2, -0.15) is 4.31 Å². The van der Waals surface area contributed by atoms with Crippen LogP contribution in [0.15, 0.2) is 64.9 Å². The fourth-order valence-electron chi connectivity index (χ4n) is 4.68. The summed E-state index contributed by atoms with van der Waals surface area (Å²) < 4.78 is 39.9. The number of aryl methyl sites for hydroxylation is 1. The summed E-state index contributed by atoms with van der Waals surface area (Å²) in [7, 11) is -2.19. The molecule has 2 aromatic carbocycles. The fourth-order valence-corrected chi connectivity index (χ4v) is 7.07. The van der Waals surface area contributed by atoms with E-state index in [4.69, 9.17) is 9.47 Å². The van der Waals surface area contributed by atoms with Gasteiger partial charge >= 0.3 is 0 Å². The predicted molar refractivity (Wildman–Crippen MR) is 144 cm³/mol. The normalized spacial score (nSPS) is 17.5. The van der Waals surface area contributed by atoms with Crippen LogP contribution in [-0.4, -0.2) is 56.9 Å². The van der Waals surface area contributed by atoms with E-state index in [0.717, 1.165) is 30.4 Å². The van der Waals surface area contributed by atoms with Crippen molar-refractivity contribution in [2.45, 2.75) is 37.1 Å². The molecule has 1 aliphatic heterocycles. The molecule has 5 rings (SSSR count). The van der Waals surface area contributed by atoms with E-state index in [2.05, 4.69) is 0 Å². The Morgan fingerprint density at radius 1 is 1.11 bits per heavy atom. The Bertz CT molecular complexity index is 1350. The van der Waals surface area contributed by atoms with Crippen molar-refractivity contribution in [3.05, 3.63) is 76.0 Å². The van der Waals surface area contributed by atoms with Gasteiger partial charge in [0.1, 0.15) is 18.1 Å². The number of sulfonamides is 1. The third-order valence-corrected chi connectivity index (χ3v) is 9.82. The maximum absolute atomic E-state index is 13.7. The van der Waals surface area contributed by atoms with Crippen molar-refractivity contribution < 1.29 is 22.7 Å². The number of ether oxygens (including phenoxy) is 2. The molecular weight excluding hydrogens is 508 g/mol. The molecule has 1 aliphatic carbocycles. The zero-order chi connectivity index (χ0) is 26.0. The quantitative estimate of drug-likeness (QED) is 0.374. The van der Waals surface area contributed by atoms with Gasteiger partial charge < -0.3 is 14.4 Å². The Balaban J connectivity index is 1.37. The number of nitrogens with zero attached hydrogens (tertiary/aromatic N) is 2. The van der Waals surface area contributed by atoms with Crippen LogP contribution in [0.4, 0.5) is 0 Å². The standard InChI is InChI=1S/C28H32N2O5S2/c1-20-6-10-24(11-7-20)37(32,33)29(17-21-8-9-21)18-28(31)30-14-12-27-25(13-15-36-27)26(30)19-35-23-5-3-4-22(16-23)34-2/h3-7,10-11,13,15-16,21,26H,8-9,12,14,17-19H2,1-2H3. The van der Waals surface area contributed by atoms with E-state index in [0.29, 0.717) is 30.5 Å².